The first kappa shape index (κ1) is 20.7. The summed E-state index contributed by atoms with van der Waals surface area (Å²) >= 11 is 0. The summed E-state index contributed by atoms with van der Waals surface area (Å²) in [6.07, 6.45) is 1.09. The monoisotopic (exact) mass is 387 g/mol. The number of rotatable bonds is 8. The van der Waals surface area contributed by atoms with Crippen LogP contribution in [0.5, 0.6) is 0 Å². The summed E-state index contributed by atoms with van der Waals surface area (Å²) < 4.78 is 7.16. The molecule has 1 aliphatic rings. The molecule has 2 heterocycles. The fourth-order valence-electron chi connectivity index (χ4n) is 4.17. The summed E-state index contributed by atoms with van der Waals surface area (Å²) in [5.41, 5.74) is 4.06. The third-order valence-corrected chi connectivity index (χ3v) is 5.69. The third-order valence-electron chi connectivity index (χ3n) is 5.69. The minimum atomic E-state index is 0.326. The first-order valence-electron chi connectivity index (χ1n) is 10.4. The van der Waals surface area contributed by atoms with Gasteiger partial charge in [0.25, 0.3) is 0 Å². The maximum atomic E-state index is 5.23. The molecule has 1 atom stereocenters. The quantitative estimate of drug-likeness (QED) is 0.743. The SMILES string of the molecule is COCCn1nnnc1[C@@H](CC(C)C)[NH+]1CCN(c2cc(C)ccc2C)CC1. The third kappa shape index (κ3) is 4.89. The van der Waals surface area contributed by atoms with E-state index < -0.39 is 0 Å². The number of nitrogens with one attached hydrogen (secondary N) is 1. The molecule has 0 amide bonds. The molecule has 1 fully saturated rings. The van der Waals surface area contributed by atoms with E-state index >= 15 is 0 Å². The van der Waals surface area contributed by atoms with Crippen molar-refractivity contribution in [3.05, 3.63) is 35.2 Å². The summed E-state index contributed by atoms with van der Waals surface area (Å²) in [6.45, 7) is 14.6. The molecule has 0 bridgehead atoms. The molecule has 0 unspecified atom stereocenters. The van der Waals surface area contributed by atoms with Crippen molar-refractivity contribution in [1.82, 2.24) is 20.2 Å². The van der Waals surface area contributed by atoms with E-state index in [9.17, 15) is 0 Å². The Kier molecular flexibility index (Phi) is 7.02. The Morgan fingerprint density at radius 2 is 1.93 bits per heavy atom. The molecule has 7 nitrogen and oxygen atoms in total. The van der Waals surface area contributed by atoms with E-state index in [1.807, 2.05) is 4.68 Å². The lowest BCUT2D eigenvalue weighted by atomic mass is 10.0. The minimum absolute atomic E-state index is 0.326. The predicted molar refractivity (Wildman–Crippen MR) is 111 cm³/mol. The van der Waals surface area contributed by atoms with Crippen molar-refractivity contribution in [2.75, 3.05) is 44.8 Å². The van der Waals surface area contributed by atoms with E-state index in [4.69, 9.17) is 4.74 Å². The number of tetrazole rings is 1. The van der Waals surface area contributed by atoms with Gasteiger partial charge in [-0.25, -0.2) is 4.68 Å². The number of aryl methyl sites for hydroxylation is 2. The molecule has 1 saturated heterocycles. The van der Waals surface area contributed by atoms with Crippen LogP contribution in [-0.4, -0.2) is 60.1 Å². The van der Waals surface area contributed by atoms with Gasteiger partial charge in [-0.15, -0.1) is 5.10 Å². The van der Waals surface area contributed by atoms with E-state index in [2.05, 4.69) is 66.3 Å². The van der Waals surface area contributed by atoms with Crippen LogP contribution in [0.4, 0.5) is 5.69 Å². The number of nitrogens with zero attached hydrogens (tertiary/aromatic N) is 5. The number of hydrogen-bond donors (Lipinski definition) is 1. The molecular formula is C21H35N6O+. The maximum Gasteiger partial charge on any atom is 0.209 e. The van der Waals surface area contributed by atoms with Gasteiger partial charge in [0.15, 0.2) is 0 Å². The standard InChI is InChI=1S/C21H34N6O/c1-16(2)14-20(21-22-23-24-27(21)12-13-28-5)26-10-8-25(9-11-26)19-15-17(3)6-7-18(19)4/h6-7,15-16,20H,8-14H2,1-5H3/p+1/t20-/m1/s1. The second-order valence-corrected chi connectivity index (χ2v) is 8.37. The first-order chi connectivity index (χ1) is 13.5. The Balaban J connectivity index is 1.73. The van der Waals surface area contributed by atoms with Crippen LogP contribution in [0.2, 0.25) is 0 Å². The van der Waals surface area contributed by atoms with Gasteiger partial charge in [-0.05, 0) is 47.4 Å². The first-order valence-corrected chi connectivity index (χ1v) is 10.4. The van der Waals surface area contributed by atoms with Crippen LogP contribution in [-0.2, 0) is 11.3 Å². The van der Waals surface area contributed by atoms with Gasteiger partial charge in [0, 0.05) is 19.2 Å². The fourth-order valence-corrected chi connectivity index (χ4v) is 4.17. The van der Waals surface area contributed by atoms with Crippen molar-refractivity contribution in [3.63, 3.8) is 0 Å². The maximum absolute atomic E-state index is 5.23. The molecule has 154 valence electrons. The largest absolute Gasteiger partial charge is 0.383 e. The van der Waals surface area contributed by atoms with Crippen molar-refractivity contribution in [2.24, 2.45) is 5.92 Å². The van der Waals surface area contributed by atoms with Gasteiger partial charge in [-0.3, -0.25) is 0 Å². The molecule has 1 aliphatic heterocycles. The zero-order valence-corrected chi connectivity index (χ0v) is 18.0. The summed E-state index contributed by atoms with van der Waals surface area (Å²) in [7, 11) is 1.72. The van der Waals surface area contributed by atoms with Gasteiger partial charge < -0.3 is 14.5 Å². The van der Waals surface area contributed by atoms with Crippen LogP contribution in [0, 0.1) is 19.8 Å². The highest BCUT2D eigenvalue weighted by Crippen LogP contribution is 2.22. The molecule has 7 heteroatoms. The summed E-state index contributed by atoms with van der Waals surface area (Å²) in [4.78, 5) is 4.12. The lowest BCUT2D eigenvalue weighted by Gasteiger charge is -2.38. The van der Waals surface area contributed by atoms with E-state index in [0.29, 0.717) is 25.1 Å². The Morgan fingerprint density at radius 3 is 2.61 bits per heavy atom. The highest BCUT2D eigenvalue weighted by molar-refractivity contribution is 5.55. The molecule has 28 heavy (non-hydrogen) atoms. The highest BCUT2D eigenvalue weighted by atomic mass is 16.5. The van der Waals surface area contributed by atoms with Crippen LogP contribution in [0.15, 0.2) is 18.2 Å². The smallest absolute Gasteiger partial charge is 0.209 e. The number of benzene rings is 1. The topological polar surface area (TPSA) is 60.5 Å². The average molecular weight is 388 g/mol. The number of anilines is 1. The van der Waals surface area contributed by atoms with Crippen LogP contribution >= 0.6 is 0 Å². The molecule has 0 radical (unpaired) electrons. The number of hydrogen-bond acceptors (Lipinski definition) is 5. The highest BCUT2D eigenvalue weighted by Gasteiger charge is 2.33. The van der Waals surface area contributed by atoms with Gasteiger partial charge in [0.1, 0.15) is 6.04 Å². The number of piperazine rings is 1. The van der Waals surface area contributed by atoms with Crippen molar-refractivity contribution >= 4 is 5.69 Å². The summed E-state index contributed by atoms with van der Waals surface area (Å²) in [6, 6.07) is 7.07. The Hall–Kier alpha value is -1.99. The van der Waals surface area contributed by atoms with Gasteiger partial charge >= 0.3 is 0 Å². The van der Waals surface area contributed by atoms with Gasteiger partial charge in [-0.1, -0.05) is 26.0 Å². The molecule has 1 N–H and O–H groups in total. The van der Waals surface area contributed by atoms with E-state index in [1.54, 1.807) is 12.0 Å². The lowest BCUT2D eigenvalue weighted by molar-refractivity contribution is -0.934. The molecule has 3 rings (SSSR count). The van der Waals surface area contributed by atoms with Crippen LogP contribution < -0.4 is 9.80 Å². The fraction of sp³-hybridized carbons (Fsp3) is 0.667. The molecule has 1 aromatic carbocycles. The molecule has 0 saturated carbocycles. The number of ether oxygens (including phenoxy) is 1. The predicted octanol–water partition coefficient (Wildman–Crippen LogP) is 1.43. The molecular weight excluding hydrogens is 352 g/mol. The van der Waals surface area contributed by atoms with Gasteiger partial charge in [0.2, 0.25) is 5.82 Å². The lowest BCUT2D eigenvalue weighted by Crippen LogP contribution is -3.15. The van der Waals surface area contributed by atoms with E-state index in [0.717, 1.165) is 38.4 Å². The number of quaternary nitrogens is 1. The van der Waals surface area contributed by atoms with Crippen LogP contribution in [0.3, 0.4) is 0 Å². The number of methoxy groups -OCH3 is 1. The van der Waals surface area contributed by atoms with Crippen molar-refractivity contribution in [3.8, 4) is 0 Å². The summed E-state index contributed by atoms with van der Waals surface area (Å²) in [5.74, 6) is 1.60. The van der Waals surface area contributed by atoms with Crippen molar-refractivity contribution in [1.29, 1.82) is 0 Å². The second kappa shape index (κ2) is 9.47. The number of aromatic nitrogens is 4. The zero-order valence-electron chi connectivity index (χ0n) is 18.0. The van der Waals surface area contributed by atoms with Gasteiger partial charge in [0.05, 0.1) is 39.3 Å². The van der Waals surface area contributed by atoms with Crippen LogP contribution in [0.1, 0.15) is 43.3 Å². The Morgan fingerprint density at radius 1 is 1.18 bits per heavy atom. The van der Waals surface area contributed by atoms with E-state index in [1.165, 1.54) is 16.8 Å². The molecule has 0 aliphatic carbocycles. The van der Waals surface area contributed by atoms with Crippen molar-refractivity contribution < 1.29 is 9.64 Å². The van der Waals surface area contributed by atoms with Gasteiger partial charge in [-0.2, -0.15) is 0 Å². The average Bonchev–Trinajstić information content (AvgIpc) is 3.14. The molecule has 0 spiro atoms. The normalized spacial score (nSPS) is 16.7. The summed E-state index contributed by atoms with van der Waals surface area (Å²) in [5, 5.41) is 12.6. The zero-order chi connectivity index (χ0) is 20.1. The Labute approximate surface area is 168 Å². The molecule has 2 aromatic rings. The van der Waals surface area contributed by atoms with Crippen molar-refractivity contribution in [2.45, 2.75) is 46.7 Å². The second-order valence-electron chi connectivity index (χ2n) is 8.37. The van der Waals surface area contributed by atoms with Crippen LogP contribution in [0.25, 0.3) is 0 Å². The minimum Gasteiger partial charge on any atom is -0.383 e. The Bertz CT molecular complexity index is 751. The van der Waals surface area contributed by atoms with E-state index in [-0.39, 0.29) is 0 Å². The molecule has 1 aromatic heterocycles.